The van der Waals surface area contributed by atoms with Gasteiger partial charge in [-0.15, -0.1) is 0 Å². The second-order valence-electron chi connectivity index (χ2n) is 11.6. The Hall–Kier alpha value is -4.00. The molecule has 0 spiro atoms. The highest BCUT2D eigenvalue weighted by molar-refractivity contribution is 7.92. The molecule has 1 fully saturated rings. The summed E-state index contributed by atoms with van der Waals surface area (Å²) >= 11 is 0. The van der Waals surface area contributed by atoms with Gasteiger partial charge in [-0.2, -0.15) is 4.98 Å². The largest absolute Gasteiger partial charge is 0.489 e. The molecule has 0 atom stereocenters. The number of para-hydroxylation sites is 1. The fourth-order valence-electron chi connectivity index (χ4n) is 4.96. The number of nitrogens with one attached hydrogen (secondary N) is 3. The molecule has 0 bridgehead atoms. The van der Waals surface area contributed by atoms with Gasteiger partial charge in [0.1, 0.15) is 11.6 Å². The van der Waals surface area contributed by atoms with Crippen LogP contribution in [0.4, 0.5) is 23.1 Å². The summed E-state index contributed by atoms with van der Waals surface area (Å²) in [6.07, 6.45) is 1.63. The van der Waals surface area contributed by atoms with Crippen LogP contribution in [-0.2, 0) is 16.4 Å². The van der Waals surface area contributed by atoms with Gasteiger partial charge in [0, 0.05) is 56.1 Å². The van der Waals surface area contributed by atoms with Crippen LogP contribution in [0.2, 0.25) is 0 Å². The quantitative estimate of drug-likeness (QED) is 0.193. The molecule has 11 nitrogen and oxygen atoms in total. The molecule has 0 radical (unpaired) electrons. The molecule has 12 heteroatoms. The third-order valence-electron chi connectivity index (χ3n) is 7.39. The Kier molecular flexibility index (Phi) is 9.52. The minimum absolute atomic E-state index is 0.0627. The van der Waals surface area contributed by atoms with Crippen molar-refractivity contribution in [2.24, 2.45) is 0 Å². The lowest BCUT2D eigenvalue weighted by molar-refractivity contribution is 0.227. The Morgan fingerprint density at radius 2 is 1.75 bits per heavy atom. The Bertz CT molecular complexity index is 1710. The Morgan fingerprint density at radius 3 is 2.48 bits per heavy atom. The van der Waals surface area contributed by atoms with Crippen molar-refractivity contribution in [3.05, 3.63) is 65.5 Å². The van der Waals surface area contributed by atoms with Crippen LogP contribution >= 0.6 is 0 Å². The summed E-state index contributed by atoms with van der Waals surface area (Å²) in [5, 5.41) is 13.7. The lowest BCUT2D eigenvalue weighted by Crippen LogP contribution is -2.42. The molecule has 0 unspecified atom stereocenters. The molecule has 1 saturated heterocycles. The molecule has 2 aromatic heterocycles. The topological polar surface area (TPSA) is 135 Å². The maximum absolute atomic E-state index is 13.0. The second-order valence-corrected chi connectivity index (χ2v) is 14.1. The van der Waals surface area contributed by atoms with Gasteiger partial charge in [-0.05, 0) is 71.4 Å². The number of nitrogens with zero attached hydrogens (tertiary/aromatic N) is 4. The third-order valence-corrected chi connectivity index (χ3v) is 9.60. The first kappa shape index (κ1) is 31.4. The van der Waals surface area contributed by atoms with E-state index in [0.717, 1.165) is 55.1 Å². The van der Waals surface area contributed by atoms with Crippen molar-refractivity contribution in [2.45, 2.75) is 64.3 Å². The molecule has 1 aliphatic heterocycles. The average Bonchev–Trinajstić information content (AvgIpc) is 3.44. The number of anilines is 4. The lowest BCUT2D eigenvalue weighted by atomic mass is 10.0. The predicted molar refractivity (Wildman–Crippen MR) is 173 cm³/mol. The van der Waals surface area contributed by atoms with Crippen LogP contribution < -0.4 is 20.7 Å². The highest BCUT2D eigenvalue weighted by Crippen LogP contribution is 2.37. The number of aromatic nitrogens is 3. The fraction of sp³-hybridized carbons (Fsp3) is 0.406. The zero-order valence-electron chi connectivity index (χ0n) is 26.1. The molecule has 5 rings (SSSR count). The standard InChI is InChI=1S/C32H41N7O4S/c1-20(2)42-29-15-22(5)25(28-16-24(38-43-28)19-39-13-11-33-12-14-39)17-27(29)36-32-34-18-23(6)31(37-32)35-26-9-7-8-10-30(26)44(40,41)21(3)4/h7-10,15-18,20-21,33H,11-14,19H2,1-6H3,(H2,34,35,36,37). The molecule has 234 valence electrons. The van der Waals surface area contributed by atoms with Crippen molar-refractivity contribution >= 4 is 33.0 Å². The first-order valence-corrected chi connectivity index (χ1v) is 16.5. The monoisotopic (exact) mass is 619 g/mol. The SMILES string of the molecule is Cc1cc(OC(C)C)c(Nc2ncc(C)c(Nc3ccccc3S(=O)(=O)C(C)C)n2)cc1-c1cc(CN2CCNCC2)no1. The third kappa shape index (κ3) is 7.20. The Morgan fingerprint density at radius 1 is 1.00 bits per heavy atom. The van der Waals surface area contributed by atoms with Crippen LogP contribution in [0.5, 0.6) is 5.75 Å². The molecule has 1 aliphatic rings. The van der Waals surface area contributed by atoms with E-state index < -0.39 is 15.1 Å². The average molecular weight is 620 g/mol. The van der Waals surface area contributed by atoms with E-state index in [-0.39, 0.29) is 11.0 Å². The summed E-state index contributed by atoms with van der Waals surface area (Å²) in [6, 6.07) is 12.8. The van der Waals surface area contributed by atoms with Gasteiger partial charge in [-0.1, -0.05) is 17.3 Å². The second kappa shape index (κ2) is 13.3. The van der Waals surface area contributed by atoms with E-state index in [2.05, 4.69) is 31.0 Å². The Balaban J connectivity index is 1.45. The Labute approximate surface area is 259 Å². The van der Waals surface area contributed by atoms with E-state index in [1.165, 1.54) is 0 Å². The van der Waals surface area contributed by atoms with Crippen molar-refractivity contribution in [1.29, 1.82) is 0 Å². The summed E-state index contributed by atoms with van der Waals surface area (Å²) in [5.74, 6) is 2.12. The van der Waals surface area contributed by atoms with Gasteiger partial charge in [-0.25, -0.2) is 13.4 Å². The number of hydrogen-bond donors (Lipinski definition) is 3. The number of rotatable bonds is 11. The summed E-state index contributed by atoms with van der Waals surface area (Å²) in [5.41, 5.74) is 4.62. The van der Waals surface area contributed by atoms with Gasteiger partial charge in [0.15, 0.2) is 15.6 Å². The zero-order valence-corrected chi connectivity index (χ0v) is 27.0. The molecule has 4 aromatic rings. The predicted octanol–water partition coefficient (Wildman–Crippen LogP) is 5.61. The van der Waals surface area contributed by atoms with Crippen LogP contribution in [0.15, 0.2) is 58.1 Å². The number of ether oxygens (including phenoxy) is 1. The van der Waals surface area contributed by atoms with Crippen LogP contribution in [0.1, 0.15) is 44.5 Å². The lowest BCUT2D eigenvalue weighted by Gasteiger charge is -2.25. The van der Waals surface area contributed by atoms with Crippen molar-refractivity contribution in [2.75, 3.05) is 36.8 Å². The van der Waals surface area contributed by atoms with Crippen LogP contribution in [0, 0.1) is 13.8 Å². The van der Waals surface area contributed by atoms with E-state index >= 15 is 0 Å². The van der Waals surface area contributed by atoms with E-state index in [9.17, 15) is 8.42 Å². The smallest absolute Gasteiger partial charge is 0.229 e. The molecule has 3 heterocycles. The van der Waals surface area contributed by atoms with Crippen LogP contribution in [0.25, 0.3) is 11.3 Å². The van der Waals surface area contributed by atoms with Gasteiger partial charge in [-0.3, -0.25) is 4.90 Å². The molecule has 0 saturated carbocycles. The van der Waals surface area contributed by atoms with Gasteiger partial charge in [0.2, 0.25) is 5.95 Å². The summed E-state index contributed by atoms with van der Waals surface area (Å²) in [4.78, 5) is 11.8. The molecule has 0 aliphatic carbocycles. The minimum Gasteiger partial charge on any atom is -0.489 e. The first-order valence-electron chi connectivity index (χ1n) is 14.9. The fourth-order valence-corrected chi connectivity index (χ4v) is 6.16. The van der Waals surface area contributed by atoms with E-state index in [1.54, 1.807) is 44.3 Å². The molecule has 3 N–H and O–H groups in total. The van der Waals surface area contributed by atoms with E-state index in [0.29, 0.717) is 34.7 Å². The maximum atomic E-state index is 13.0. The van der Waals surface area contributed by atoms with Gasteiger partial charge in [0.25, 0.3) is 0 Å². The van der Waals surface area contributed by atoms with Gasteiger partial charge < -0.3 is 25.2 Å². The van der Waals surface area contributed by atoms with Crippen molar-refractivity contribution in [1.82, 2.24) is 25.3 Å². The number of piperazine rings is 1. The number of hydrogen-bond acceptors (Lipinski definition) is 11. The van der Waals surface area contributed by atoms with Crippen molar-refractivity contribution in [3.63, 3.8) is 0 Å². The summed E-state index contributed by atoms with van der Waals surface area (Å²) in [6.45, 7) is 15.8. The van der Waals surface area contributed by atoms with Gasteiger partial charge >= 0.3 is 0 Å². The highest BCUT2D eigenvalue weighted by atomic mass is 32.2. The first-order chi connectivity index (χ1) is 21.0. The van der Waals surface area contributed by atoms with Crippen LogP contribution in [-0.4, -0.2) is 66.0 Å². The summed E-state index contributed by atoms with van der Waals surface area (Å²) < 4.78 is 38.0. The number of sulfone groups is 1. The van der Waals surface area contributed by atoms with Gasteiger partial charge in [0.05, 0.1) is 33.3 Å². The summed E-state index contributed by atoms with van der Waals surface area (Å²) in [7, 11) is -3.52. The molecule has 2 aromatic carbocycles. The number of aryl methyl sites for hydroxylation is 2. The zero-order chi connectivity index (χ0) is 31.4. The van der Waals surface area contributed by atoms with E-state index in [4.69, 9.17) is 14.2 Å². The molecule has 0 amide bonds. The minimum atomic E-state index is -3.52. The molecule has 44 heavy (non-hydrogen) atoms. The number of benzene rings is 2. The van der Waals surface area contributed by atoms with Crippen molar-refractivity contribution in [3.8, 4) is 17.1 Å². The highest BCUT2D eigenvalue weighted by Gasteiger charge is 2.23. The normalized spacial score (nSPS) is 14.3. The maximum Gasteiger partial charge on any atom is 0.229 e. The van der Waals surface area contributed by atoms with Crippen molar-refractivity contribution < 1.29 is 17.7 Å². The van der Waals surface area contributed by atoms with E-state index in [1.807, 2.05) is 45.9 Å². The van der Waals surface area contributed by atoms with Crippen LogP contribution in [0.3, 0.4) is 0 Å². The molecular weight excluding hydrogens is 578 g/mol. The molecular formula is C32H41N7O4S.